The SMILES string of the molecule is Cn1ccnc1SC1CCC(NC(=O)[C@@H](N)C2CCCCC2)CC1. The first-order valence-electron chi connectivity index (χ1n) is 9.33. The minimum absolute atomic E-state index is 0.0714. The molecule has 1 heterocycles. The first kappa shape index (κ1) is 17.8. The number of hydrogen-bond acceptors (Lipinski definition) is 4. The van der Waals surface area contributed by atoms with Crippen molar-refractivity contribution in [3.05, 3.63) is 12.4 Å². The van der Waals surface area contributed by atoms with E-state index in [1.165, 1.54) is 19.3 Å². The maximum absolute atomic E-state index is 12.4. The zero-order chi connectivity index (χ0) is 16.9. The van der Waals surface area contributed by atoms with Crippen molar-refractivity contribution in [1.29, 1.82) is 0 Å². The summed E-state index contributed by atoms with van der Waals surface area (Å²) >= 11 is 1.86. The summed E-state index contributed by atoms with van der Waals surface area (Å²) in [5.74, 6) is 0.455. The van der Waals surface area contributed by atoms with Crippen LogP contribution in [0.3, 0.4) is 0 Å². The van der Waals surface area contributed by atoms with Crippen molar-refractivity contribution in [2.24, 2.45) is 18.7 Å². The zero-order valence-electron chi connectivity index (χ0n) is 14.6. The summed E-state index contributed by atoms with van der Waals surface area (Å²) in [5, 5.41) is 4.90. The highest BCUT2D eigenvalue weighted by Crippen LogP contribution is 2.33. The van der Waals surface area contributed by atoms with Crippen molar-refractivity contribution in [2.75, 3.05) is 0 Å². The molecule has 1 amide bonds. The van der Waals surface area contributed by atoms with E-state index in [-0.39, 0.29) is 11.9 Å². The van der Waals surface area contributed by atoms with Crippen molar-refractivity contribution < 1.29 is 4.79 Å². The number of nitrogens with two attached hydrogens (primary N) is 1. The van der Waals surface area contributed by atoms with Crippen LogP contribution in [0, 0.1) is 5.92 Å². The topological polar surface area (TPSA) is 72.9 Å². The van der Waals surface area contributed by atoms with E-state index in [4.69, 9.17) is 5.73 Å². The second-order valence-electron chi connectivity index (χ2n) is 7.34. The minimum atomic E-state index is -0.315. The number of imidazole rings is 1. The molecule has 2 aliphatic carbocycles. The Labute approximate surface area is 149 Å². The normalized spacial score (nSPS) is 26.9. The van der Waals surface area contributed by atoms with Gasteiger partial charge in [-0.25, -0.2) is 4.98 Å². The molecule has 1 atom stereocenters. The first-order chi connectivity index (χ1) is 11.6. The molecule has 2 aliphatic rings. The fraction of sp³-hybridized carbons (Fsp3) is 0.778. The molecule has 0 radical (unpaired) electrons. The van der Waals surface area contributed by atoms with E-state index in [0.717, 1.165) is 43.7 Å². The molecule has 2 saturated carbocycles. The smallest absolute Gasteiger partial charge is 0.237 e. The van der Waals surface area contributed by atoms with Gasteiger partial charge in [0.15, 0.2) is 5.16 Å². The Morgan fingerprint density at radius 3 is 2.58 bits per heavy atom. The zero-order valence-corrected chi connectivity index (χ0v) is 15.4. The maximum Gasteiger partial charge on any atom is 0.237 e. The number of nitrogens with zero attached hydrogens (tertiary/aromatic N) is 2. The van der Waals surface area contributed by atoms with Crippen LogP contribution in [0.15, 0.2) is 17.6 Å². The molecule has 134 valence electrons. The summed E-state index contributed by atoms with van der Waals surface area (Å²) in [6.45, 7) is 0. The van der Waals surface area contributed by atoms with Crippen molar-refractivity contribution >= 4 is 17.7 Å². The van der Waals surface area contributed by atoms with Crippen LogP contribution in [0.2, 0.25) is 0 Å². The van der Waals surface area contributed by atoms with E-state index in [2.05, 4.69) is 14.9 Å². The number of hydrogen-bond donors (Lipinski definition) is 2. The quantitative estimate of drug-likeness (QED) is 0.856. The van der Waals surface area contributed by atoms with Gasteiger partial charge in [0.25, 0.3) is 0 Å². The van der Waals surface area contributed by atoms with Crippen LogP contribution in [0.1, 0.15) is 57.8 Å². The number of rotatable bonds is 5. The molecular formula is C18H30N4OS. The van der Waals surface area contributed by atoms with Gasteiger partial charge >= 0.3 is 0 Å². The lowest BCUT2D eigenvalue weighted by atomic mass is 9.83. The molecule has 0 spiro atoms. The van der Waals surface area contributed by atoms with Crippen molar-refractivity contribution in [1.82, 2.24) is 14.9 Å². The van der Waals surface area contributed by atoms with Gasteiger partial charge in [-0.3, -0.25) is 4.79 Å². The number of carbonyl (C=O) groups excluding carboxylic acids is 1. The lowest BCUT2D eigenvalue weighted by Gasteiger charge is -2.31. The van der Waals surface area contributed by atoms with Crippen molar-refractivity contribution in [3.63, 3.8) is 0 Å². The highest BCUT2D eigenvalue weighted by molar-refractivity contribution is 7.99. The molecule has 3 rings (SSSR count). The largest absolute Gasteiger partial charge is 0.352 e. The average molecular weight is 351 g/mol. The lowest BCUT2D eigenvalue weighted by molar-refractivity contribution is -0.124. The van der Waals surface area contributed by atoms with Crippen LogP contribution in [0.4, 0.5) is 0 Å². The number of aromatic nitrogens is 2. The van der Waals surface area contributed by atoms with Gasteiger partial charge in [-0.2, -0.15) is 0 Å². The number of amides is 1. The summed E-state index contributed by atoms with van der Waals surface area (Å²) < 4.78 is 2.07. The summed E-state index contributed by atoms with van der Waals surface area (Å²) in [6.07, 6.45) is 14.1. The van der Waals surface area contributed by atoms with E-state index in [1.807, 2.05) is 31.2 Å². The van der Waals surface area contributed by atoms with E-state index in [0.29, 0.717) is 17.2 Å². The average Bonchev–Trinajstić information content (AvgIpc) is 3.01. The van der Waals surface area contributed by atoms with Crippen LogP contribution >= 0.6 is 11.8 Å². The second kappa shape index (κ2) is 8.39. The fourth-order valence-corrected chi connectivity index (χ4v) is 5.10. The van der Waals surface area contributed by atoms with Crippen molar-refractivity contribution in [3.8, 4) is 0 Å². The third-order valence-electron chi connectivity index (χ3n) is 5.53. The van der Waals surface area contributed by atoms with Gasteiger partial charge in [0.1, 0.15) is 0 Å². The molecule has 24 heavy (non-hydrogen) atoms. The van der Waals surface area contributed by atoms with Crippen LogP contribution in [0.25, 0.3) is 0 Å². The van der Waals surface area contributed by atoms with Crippen molar-refractivity contribution in [2.45, 2.75) is 80.3 Å². The molecule has 0 aromatic carbocycles. The van der Waals surface area contributed by atoms with E-state index >= 15 is 0 Å². The molecule has 0 unspecified atom stereocenters. The van der Waals surface area contributed by atoms with E-state index < -0.39 is 0 Å². The summed E-state index contributed by atoms with van der Waals surface area (Å²) in [6, 6.07) is -0.0182. The Morgan fingerprint density at radius 1 is 1.25 bits per heavy atom. The van der Waals surface area contributed by atoms with Gasteiger partial charge in [0, 0.05) is 30.7 Å². The van der Waals surface area contributed by atoms with Crippen LogP contribution in [0.5, 0.6) is 0 Å². The highest BCUT2D eigenvalue weighted by atomic mass is 32.2. The molecule has 3 N–H and O–H groups in total. The number of aryl methyl sites for hydroxylation is 1. The molecule has 0 aliphatic heterocycles. The second-order valence-corrected chi connectivity index (χ2v) is 8.61. The van der Waals surface area contributed by atoms with Crippen LogP contribution < -0.4 is 11.1 Å². The summed E-state index contributed by atoms with van der Waals surface area (Å²) in [7, 11) is 2.04. The molecule has 6 heteroatoms. The molecule has 2 fully saturated rings. The van der Waals surface area contributed by atoms with Gasteiger partial charge in [0.05, 0.1) is 6.04 Å². The van der Waals surface area contributed by atoms with E-state index in [1.54, 1.807) is 0 Å². The fourth-order valence-electron chi connectivity index (χ4n) is 3.94. The predicted octanol–water partition coefficient (Wildman–Crippen LogP) is 2.85. The maximum atomic E-state index is 12.4. The van der Waals surface area contributed by atoms with Gasteiger partial charge < -0.3 is 15.6 Å². The molecule has 0 bridgehead atoms. The Morgan fingerprint density at radius 2 is 1.96 bits per heavy atom. The third-order valence-corrected chi connectivity index (χ3v) is 6.94. The van der Waals surface area contributed by atoms with Crippen LogP contribution in [-0.2, 0) is 11.8 Å². The van der Waals surface area contributed by atoms with Crippen LogP contribution in [-0.4, -0.2) is 32.8 Å². The molecule has 5 nitrogen and oxygen atoms in total. The van der Waals surface area contributed by atoms with E-state index in [9.17, 15) is 4.79 Å². The highest BCUT2D eigenvalue weighted by Gasteiger charge is 2.29. The third kappa shape index (κ3) is 4.54. The Hall–Kier alpha value is -1.01. The van der Waals surface area contributed by atoms with Gasteiger partial charge in [-0.15, -0.1) is 0 Å². The molecule has 0 saturated heterocycles. The molecule has 1 aromatic rings. The summed E-state index contributed by atoms with van der Waals surface area (Å²) in [4.78, 5) is 16.8. The molecular weight excluding hydrogens is 320 g/mol. The number of thioether (sulfide) groups is 1. The predicted molar refractivity (Wildman–Crippen MR) is 97.8 cm³/mol. The minimum Gasteiger partial charge on any atom is -0.352 e. The van der Waals surface area contributed by atoms with Gasteiger partial charge in [0.2, 0.25) is 5.91 Å². The Kier molecular flexibility index (Phi) is 6.22. The number of carbonyl (C=O) groups is 1. The van der Waals surface area contributed by atoms with Gasteiger partial charge in [-0.05, 0) is 44.4 Å². The first-order valence-corrected chi connectivity index (χ1v) is 10.2. The standard InChI is InChI=1S/C18H30N4OS/c1-22-12-11-20-18(22)24-15-9-7-14(8-10-15)21-17(23)16(19)13-5-3-2-4-6-13/h11-16H,2-10,19H2,1H3,(H,21,23)/t14?,15?,16-/m0/s1. The Balaban J connectivity index is 1.41. The monoisotopic (exact) mass is 350 g/mol. The lowest BCUT2D eigenvalue weighted by Crippen LogP contribution is -2.50. The van der Waals surface area contributed by atoms with Gasteiger partial charge in [-0.1, -0.05) is 31.0 Å². The Bertz CT molecular complexity index is 533. The number of nitrogens with one attached hydrogen (secondary N) is 1. The molecule has 1 aromatic heterocycles. The summed E-state index contributed by atoms with van der Waals surface area (Å²) in [5.41, 5.74) is 6.22.